The van der Waals surface area contributed by atoms with Gasteiger partial charge < -0.3 is 18.1 Å². The minimum atomic E-state index is -0.140. The number of aromatic nitrogens is 4. The molecular weight excluding hydrogens is 1350 g/mol. The van der Waals surface area contributed by atoms with Crippen LogP contribution in [-0.2, 0) is 43.3 Å². The van der Waals surface area contributed by atoms with Gasteiger partial charge in [0.15, 0.2) is 0 Å². The van der Waals surface area contributed by atoms with Gasteiger partial charge in [0.05, 0.1) is 33.1 Å². The predicted octanol–water partition coefficient (Wildman–Crippen LogP) is 24.9. The van der Waals surface area contributed by atoms with Crippen LogP contribution in [0.15, 0.2) is 206 Å². The summed E-state index contributed by atoms with van der Waals surface area (Å²) >= 11 is 0. The third-order valence-electron chi connectivity index (χ3n) is 31.2. The lowest BCUT2D eigenvalue weighted by atomic mass is 9.45. The summed E-state index contributed by atoms with van der Waals surface area (Å²) in [5.74, 6) is 0. The zero-order chi connectivity index (χ0) is 76.3. The Labute approximate surface area is 660 Å². The van der Waals surface area contributed by atoms with Crippen LogP contribution in [0, 0.1) is 0 Å². The molecule has 8 heterocycles. The first-order valence-electron chi connectivity index (χ1n) is 42.2. The van der Waals surface area contributed by atoms with Gasteiger partial charge in [0.25, 0.3) is 0 Å². The largest absolute Gasteiger partial charge is 0.374 e. The zero-order valence-electron chi connectivity index (χ0n) is 68.2. The molecule has 24 rings (SSSR count). The molecule has 0 atom stereocenters. The van der Waals surface area contributed by atoms with Crippen molar-refractivity contribution in [3.8, 4) is 78.1 Å². The summed E-state index contributed by atoms with van der Waals surface area (Å²) in [5.41, 5.74) is 46.8. The predicted molar refractivity (Wildman–Crippen MR) is 478 cm³/mol. The molecule has 4 aromatic heterocycles. The molecule has 12 aromatic carbocycles. The Bertz CT molecular complexity index is 6670. The maximum Gasteiger partial charge on any atom is 0.333 e. The number of hydrogen-bond donors (Lipinski definition) is 0. The Balaban J connectivity index is 0.767. The molecule has 0 radical (unpaired) electrons. The molecule has 8 aliphatic rings. The second-order valence-corrected chi connectivity index (χ2v) is 41.3. The molecule has 0 N–H and O–H groups in total. The van der Waals surface area contributed by atoms with Crippen molar-refractivity contribution < 1.29 is 0 Å². The summed E-state index contributed by atoms with van der Waals surface area (Å²) < 4.78 is 11.2. The first-order valence-corrected chi connectivity index (χ1v) is 42.2. The quantitative estimate of drug-likeness (QED) is 0.157. The highest BCUT2D eigenvalue weighted by Crippen LogP contribution is 2.56. The fourth-order valence-electron chi connectivity index (χ4n) is 24.3. The molecule has 0 fully saturated rings. The molecule has 0 saturated carbocycles. The third-order valence-corrected chi connectivity index (χ3v) is 31.2. The third kappa shape index (κ3) is 8.42. The molecule has 0 spiro atoms. The minimum absolute atomic E-state index is 0.0699. The Morgan fingerprint density at radius 2 is 0.500 bits per heavy atom. The van der Waals surface area contributed by atoms with Crippen molar-refractivity contribution in [3.05, 3.63) is 251 Å². The molecule has 6 heteroatoms. The number of hydrogen-bond acceptors (Lipinski definition) is 0. The monoisotopic (exact) mass is 1450 g/mol. The van der Waals surface area contributed by atoms with Crippen molar-refractivity contribution in [2.24, 2.45) is 0 Å². The van der Waals surface area contributed by atoms with Crippen molar-refractivity contribution in [2.75, 3.05) is 0 Å². The molecule has 0 bridgehead atoms. The van der Waals surface area contributed by atoms with Crippen molar-refractivity contribution in [2.45, 2.75) is 205 Å². The summed E-state index contributed by atoms with van der Waals surface area (Å²) in [7, 11) is 0. The average Bonchev–Trinajstić information content (AvgIpc) is 1.48. The molecule has 4 aliphatic carbocycles. The van der Waals surface area contributed by atoms with E-state index >= 15 is 0 Å². The molecule has 4 aliphatic heterocycles. The van der Waals surface area contributed by atoms with Crippen LogP contribution in [-0.4, -0.2) is 31.8 Å². The Morgan fingerprint density at radius 1 is 0.223 bits per heavy atom. The van der Waals surface area contributed by atoms with Gasteiger partial charge in [-0.05, 0) is 241 Å². The first-order chi connectivity index (χ1) is 53.5. The number of rotatable bonds is 4. The molecule has 16 aromatic rings. The zero-order valence-corrected chi connectivity index (χ0v) is 68.2. The summed E-state index contributed by atoms with van der Waals surface area (Å²) in [6.45, 7) is 39.1. The van der Waals surface area contributed by atoms with Gasteiger partial charge in [-0.1, -0.05) is 293 Å². The maximum absolute atomic E-state index is 2.88. The second-order valence-electron chi connectivity index (χ2n) is 41.3. The van der Waals surface area contributed by atoms with E-state index in [1.165, 1.54) is 272 Å². The number of para-hydroxylation sites is 2. The smallest absolute Gasteiger partial charge is 0.333 e. The lowest BCUT2D eigenvalue weighted by Gasteiger charge is -2.42. The second kappa shape index (κ2) is 21.1. The first kappa shape index (κ1) is 66.3. The van der Waals surface area contributed by atoms with E-state index in [0.717, 1.165) is 0 Å². The molecule has 0 saturated heterocycles. The van der Waals surface area contributed by atoms with Gasteiger partial charge >= 0.3 is 13.7 Å². The van der Waals surface area contributed by atoms with Crippen LogP contribution in [0.3, 0.4) is 0 Å². The Kier molecular flexibility index (Phi) is 12.5. The number of nitrogens with zero attached hydrogens (tertiary/aromatic N) is 4. The van der Waals surface area contributed by atoms with E-state index in [0.29, 0.717) is 0 Å². The van der Waals surface area contributed by atoms with E-state index in [4.69, 9.17) is 0 Å². The van der Waals surface area contributed by atoms with E-state index < -0.39 is 0 Å². The molecule has 0 unspecified atom stereocenters. The summed E-state index contributed by atoms with van der Waals surface area (Å²) in [6.07, 6.45) is 9.49. The van der Waals surface area contributed by atoms with Crippen LogP contribution in [0.5, 0.6) is 0 Å². The highest BCUT2D eigenvalue weighted by Gasteiger charge is 2.49. The van der Waals surface area contributed by atoms with E-state index in [2.05, 4.69) is 335 Å². The molecule has 112 heavy (non-hydrogen) atoms. The van der Waals surface area contributed by atoms with Crippen LogP contribution in [0.1, 0.15) is 207 Å². The fourth-order valence-corrected chi connectivity index (χ4v) is 24.3. The highest BCUT2D eigenvalue weighted by atomic mass is 15.1. The van der Waals surface area contributed by atoms with Crippen molar-refractivity contribution in [3.63, 3.8) is 0 Å². The van der Waals surface area contributed by atoms with E-state index in [1.54, 1.807) is 0 Å². The van der Waals surface area contributed by atoms with Gasteiger partial charge in [-0.3, -0.25) is 0 Å². The fraction of sp³-hybridized carbons (Fsp3) is 0.302. The van der Waals surface area contributed by atoms with E-state index in [1.807, 2.05) is 0 Å². The molecule has 0 amide bonds. The number of fused-ring (bicyclic) bond motifs is 25. The van der Waals surface area contributed by atoms with E-state index in [9.17, 15) is 0 Å². The van der Waals surface area contributed by atoms with Crippen molar-refractivity contribution in [1.82, 2.24) is 18.1 Å². The maximum atomic E-state index is 2.88. The van der Waals surface area contributed by atoms with Crippen molar-refractivity contribution >= 4 is 112 Å². The van der Waals surface area contributed by atoms with Gasteiger partial charge in [0.2, 0.25) is 0 Å². The summed E-state index contributed by atoms with van der Waals surface area (Å²) in [6, 6.07) is 84.8. The standard InChI is InChI=1S/C106H98B2N4/c1-99(2)43-47-103(9,10)81-51-59(25-37-77(81)99)63-23-31-67-73-35-33-69-71-19-17-21-75-93(71)111(107-85-41-29-65(57-89(85)109(87(67)55-63)95(73)91(69)107)61-27-39-79-83(53-61)105(13,14)49-45-101(79,5)6)97-76-22-18-20-72-70-34-36-74-68-32-24-64(60-26-38-78-82(52-60)104(11,12)48-44-100(78,3)4)56-88(68)110-90-58-66(62-28-40-80-84(54-62)106(15,16)50-46-102(80,7)8)30-42-86(90)108(92(70)96(74)110)112(94(72)76)98(75)97/h17-42,51-58H,43-50H2,1-16H3. The Hall–Kier alpha value is -10.3. The van der Waals surface area contributed by atoms with Gasteiger partial charge in [0, 0.05) is 65.9 Å². The molecule has 548 valence electrons. The average molecular weight is 1450 g/mol. The SMILES string of the molecule is CC1(C)CCC(C)(C)c2cc(-c3ccc4c(c3)-n3c5cc(-c6ccc7c(c6)C(C)(C)CCC7(C)C)ccc5c5ccc6c(c53)B4n3c4c-6cccc4c4c3c3cccc5c3n4B3c4ccc(-c6ccc7c(c6)C(C)(C)CCC7(C)C)cc4-n4c6cc(-c7ccc8c(c7)C(C)(C)CCC8(C)C)ccc6c6ccc-5c3c64)ccc21. The van der Waals surface area contributed by atoms with Crippen LogP contribution in [0.25, 0.3) is 155 Å². The summed E-state index contributed by atoms with van der Waals surface area (Å²) in [4.78, 5) is 0. The van der Waals surface area contributed by atoms with Crippen LogP contribution in [0.4, 0.5) is 0 Å². The number of benzene rings is 12. The highest BCUT2D eigenvalue weighted by molar-refractivity contribution is 6.92. The summed E-state index contributed by atoms with van der Waals surface area (Å²) in [5, 5.41) is 7.85. The molecule has 4 nitrogen and oxygen atoms in total. The van der Waals surface area contributed by atoms with Gasteiger partial charge in [-0.15, -0.1) is 0 Å². The van der Waals surface area contributed by atoms with Gasteiger partial charge in [-0.2, -0.15) is 0 Å². The van der Waals surface area contributed by atoms with Crippen LogP contribution in [0.2, 0.25) is 0 Å². The Morgan fingerprint density at radius 3 is 0.830 bits per heavy atom. The van der Waals surface area contributed by atoms with E-state index in [-0.39, 0.29) is 57.0 Å². The van der Waals surface area contributed by atoms with Gasteiger partial charge in [0.1, 0.15) is 0 Å². The van der Waals surface area contributed by atoms with Crippen LogP contribution >= 0.6 is 0 Å². The topological polar surface area (TPSA) is 19.7 Å². The minimum Gasteiger partial charge on any atom is -0.374 e. The van der Waals surface area contributed by atoms with Gasteiger partial charge in [-0.25, -0.2) is 0 Å². The molecular formula is C106H98B2N4. The lowest BCUT2D eigenvalue weighted by molar-refractivity contribution is 0.332. The normalized spacial score (nSPS) is 19.1. The van der Waals surface area contributed by atoms with Crippen LogP contribution < -0.4 is 21.9 Å². The van der Waals surface area contributed by atoms with Crippen molar-refractivity contribution in [1.29, 1.82) is 0 Å². The lowest BCUT2D eigenvalue weighted by Crippen LogP contribution is -2.55.